The van der Waals surface area contributed by atoms with Crippen molar-refractivity contribution in [2.75, 3.05) is 0 Å². The smallest absolute Gasteiger partial charge is 0.180 e. The number of benzene rings is 7. The van der Waals surface area contributed by atoms with Crippen LogP contribution >= 0.6 is 0 Å². The summed E-state index contributed by atoms with van der Waals surface area (Å²) < 4.78 is 12.9. The molecule has 0 unspecified atom stereocenters. The second-order valence-electron chi connectivity index (χ2n) is 13.6. The van der Waals surface area contributed by atoms with Crippen LogP contribution in [0.5, 0.6) is 0 Å². The highest BCUT2D eigenvalue weighted by molar-refractivity contribution is 6.17. The minimum Gasteiger partial charge on any atom is -0.456 e. The van der Waals surface area contributed by atoms with Gasteiger partial charge in [0.2, 0.25) is 0 Å². The molecule has 0 saturated carbocycles. The van der Waals surface area contributed by atoms with Crippen molar-refractivity contribution in [2.45, 2.75) is 0 Å². The highest BCUT2D eigenvalue weighted by atomic mass is 16.3. The first kappa shape index (κ1) is 31.7. The van der Waals surface area contributed by atoms with Gasteiger partial charge in [0.25, 0.3) is 0 Å². The van der Waals surface area contributed by atoms with Crippen molar-refractivity contribution in [1.29, 1.82) is 0 Å². The Bertz CT molecular complexity index is 3170. The van der Waals surface area contributed by atoms with E-state index in [1.807, 2.05) is 140 Å². The van der Waals surface area contributed by atoms with Gasteiger partial charge in [-0.15, -0.1) is 0 Å². The molecule has 0 bridgehead atoms. The predicted octanol–water partition coefficient (Wildman–Crippen LogP) is 12.5. The fraction of sp³-hybridized carbons (Fsp3) is 0. The van der Waals surface area contributed by atoms with Crippen molar-refractivity contribution < 1.29 is 8.83 Å². The van der Waals surface area contributed by atoms with E-state index in [9.17, 15) is 0 Å². The van der Waals surface area contributed by atoms with E-state index in [0.29, 0.717) is 28.9 Å². The zero-order valence-corrected chi connectivity index (χ0v) is 29.8. The standard InChI is InChI=1S/C49H29N5O2/c1-4-14-31(15-5-1)43-45-44(36-20-10-11-23-38(36)56-45)51-46(50-43)34-28-26-30(27-29-34)35-21-12-24-39-41(35)42-37(22-13-25-40(42)55-39)49-53-47(32-16-6-2-7-17-32)52-48(54-49)33-18-8-3-9-19-33/h1-29H. The predicted molar refractivity (Wildman–Crippen MR) is 223 cm³/mol. The van der Waals surface area contributed by atoms with Gasteiger partial charge in [-0.3, -0.25) is 0 Å². The first-order valence-electron chi connectivity index (χ1n) is 18.4. The third-order valence-electron chi connectivity index (χ3n) is 10.2. The molecule has 11 aromatic rings. The molecule has 0 N–H and O–H groups in total. The molecule has 0 atom stereocenters. The number of para-hydroxylation sites is 1. The normalized spacial score (nSPS) is 11.6. The lowest BCUT2D eigenvalue weighted by atomic mass is 9.96. The van der Waals surface area contributed by atoms with Crippen molar-refractivity contribution in [2.24, 2.45) is 0 Å². The van der Waals surface area contributed by atoms with Crippen LogP contribution in [0.15, 0.2) is 185 Å². The highest BCUT2D eigenvalue weighted by Gasteiger charge is 2.21. The molecule has 0 aliphatic heterocycles. The average Bonchev–Trinajstić information content (AvgIpc) is 3.86. The molecule has 0 spiro atoms. The number of fused-ring (bicyclic) bond motifs is 6. The molecule has 0 aliphatic rings. The lowest BCUT2D eigenvalue weighted by Crippen LogP contribution is -2.00. The van der Waals surface area contributed by atoms with Crippen molar-refractivity contribution >= 4 is 44.0 Å². The number of hydrogen-bond acceptors (Lipinski definition) is 7. The van der Waals surface area contributed by atoms with Crippen LogP contribution in [0, 0.1) is 0 Å². The van der Waals surface area contributed by atoms with Crippen LogP contribution < -0.4 is 0 Å². The van der Waals surface area contributed by atoms with Crippen LogP contribution in [0.1, 0.15) is 0 Å². The maximum Gasteiger partial charge on any atom is 0.180 e. The van der Waals surface area contributed by atoms with Gasteiger partial charge in [-0.1, -0.05) is 152 Å². The van der Waals surface area contributed by atoms with E-state index < -0.39 is 0 Å². The summed E-state index contributed by atoms with van der Waals surface area (Å²) in [5, 5.41) is 2.89. The number of nitrogens with zero attached hydrogens (tertiary/aromatic N) is 5. The third kappa shape index (κ3) is 5.33. The van der Waals surface area contributed by atoms with E-state index in [1.165, 1.54) is 0 Å². The zero-order valence-electron chi connectivity index (χ0n) is 29.8. The Kier molecular flexibility index (Phi) is 7.35. The Morgan fingerprint density at radius 1 is 0.304 bits per heavy atom. The zero-order chi connectivity index (χ0) is 37.0. The van der Waals surface area contributed by atoms with Crippen molar-refractivity contribution in [3.8, 4) is 67.9 Å². The van der Waals surface area contributed by atoms with Gasteiger partial charge >= 0.3 is 0 Å². The number of rotatable bonds is 6. The summed E-state index contributed by atoms with van der Waals surface area (Å²) >= 11 is 0. The lowest BCUT2D eigenvalue weighted by molar-refractivity contribution is 0.667. The van der Waals surface area contributed by atoms with Gasteiger partial charge in [-0.25, -0.2) is 24.9 Å². The molecule has 262 valence electrons. The van der Waals surface area contributed by atoms with E-state index in [1.54, 1.807) is 0 Å². The monoisotopic (exact) mass is 719 g/mol. The number of furan rings is 2. The Hall–Kier alpha value is -7.77. The molecule has 0 aliphatic carbocycles. The van der Waals surface area contributed by atoms with Gasteiger partial charge in [0, 0.05) is 44.0 Å². The van der Waals surface area contributed by atoms with E-state index in [2.05, 4.69) is 36.4 Å². The lowest BCUT2D eigenvalue weighted by Gasteiger charge is -2.10. The summed E-state index contributed by atoms with van der Waals surface area (Å²) in [6.45, 7) is 0. The molecule has 11 rings (SSSR count). The molecule has 0 fully saturated rings. The molecule has 56 heavy (non-hydrogen) atoms. The minimum absolute atomic E-state index is 0.574. The van der Waals surface area contributed by atoms with Crippen molar-refractivity contribution in [1.82, 2.24) is 24.9 Å². The van der Waals surface area contributed by atoms with Crippen LogP contribution in [0.2, 0.25) is 0 Å². The summed E-state index contributed by atoms with van der Waals surface area (Å²) in [7, 11) is 0. The van der Waals surface area contributed by atoms with Gasteiger partial charge in [0.05, 0.1) is 0 Å². The van der Waals surface area contributed by atoms with E-state index in [0.717, 1.165) is 83.1 Å². The van der Waals surface area contributed by atoms with Crippen molar-refractivity contribution in [3.05, 3.63) is 176 Å². The molecule has 4 heterocycles. The second kappa shape index (κ2) is 13.0. The molecule has 0 amide bonds. The highest BCUT2D eigenvalue weighted by Crippen LogP contribution is 2.42. The van der Waals surface area contributed by atoms with Gasteiger partial charge in [0.15, 0.2) is 28.9 Å². The van der Waals surface area contributed by atoms with Gasteiger partial charge < -0.3 is 8.83 Å². The van der Waals surface area contributed by atoms with E-state index in [-0.39, 0.29) is 0 Å². The van der Waals surface area contributed by atoms with Gasteiger partial charge in [0.1, 0.15) is 28.0 Å². The van der Waals surface area contributed by atoms with Crippen LogP contribution in [-0.4, -0.2) is 24.9 Å². The topological polar surface area (TPSA) is 90.7 Å². The van der Waals surface area contributed by atoms with E-state index >= 15 is 0 Å². The molecule has 0 radical (unpaired) electrons. The Balaban J connectivity index is 1.07. The summed E-state index contributed by atoms with van der Waals surface area (Å²) in [4.78, 5) is 25.2. The Morgan fingerprint density at radius 3 is 1.45 bits per heavy atom. The second-order valence-corrected chi connectivity index (χ2v) is 13.6. The maximum absolute atomic E-state index is 6.52. The Labute approximate surface area is 320 Å². The molecule has 4 aromatic heterocycles. The van der Waals surface area contributed by atoms with Gasteiger partial charge in [-0.2, -0.15) is 0 Å². The average molecular weight is 720 g/mol. The molecule has 0 saturated heterocycles. The number of aromatic nitrogens is 5. The van der Waals surface area contributed by atoms with Crippen LogP contribution in [0.3, 0.4) is 0 Å². The maximum atomic E-state index is 6.52. The number of hydrogen-bond donors (Lipinski definition) is 0. The van der Waals surface area contributed by atoms with E-state index in [4.69, 9.17) is 33.8 Å². The minimum atomic E-state index is 0.574. The van der Waals surface area contributed by atoms with Crippen LogP contribution in [0.25, 0.3) is 112 Å². The third-order valence-corrected chi connectivity index (χ3v) is 10.2. The summed E-state index contributed by atoms with van der Waals surface area (Å²) in [6, 6.07) is 58.8. The molecular formula is C49H29N5O2. The quantitative estimate of drug-likeness (QED) is 0.169. The van der Waals surface area contributed by atoms with Gasteiger partial charge in [-0.05, 0) is 35.4 Å². The largest absolute Gasteiger partial charge is 0.456 e. The molecule has 7 heteroatoms. The fourth-order valence-electron chi connectivity index (χ4n) is 7.53. The van der Waals surface area contributed by atoms with Crippen LogP contribution in [0.4, 0.5) is 0 Å². The molecule has 7 nitrogen and oxygen atoms in total. The summed E-state index contributed by atoms with van der Waals surface area (Å²) in [5.41, 5.74) is 11.2. The first-order valence-corrected chi connectivity index (χ1v) is 18.4. The summed E-state index contributed by atoms with van der Waals surface area (Å²) in [5.74, 6) is 2.41. The SMILES string of the molecule is c1ccc(-c2nc(-c3ccccc3)nc(-c3cccc4oc5cccc(-c6ccc(-c7nc(-c8ccccc8)c8oc9ccccc9c8n7)cc6)c5c34)n2)cc1. The first-order chi connectivity index (χ1) is 27.7. The fourth-order valence-corrected chi connectivity index (χ4v) is 7.53. The Morgan fingerprint density at radius 2 is 0.786 bits per heavy atom. The van der Waals surface area contributed by atoms with Crippen LogP contribution in [-0.2, 0) is 0 Å². The molecular weight excluding hydrogens is 691 g/mol. The molecule has 7 aromatic carbocycles. The summed E-state index contributed by atoms with van der Waals surface area (Å²) in [6.07, 6.45) is 0. The van der Waals surface area contributed by atoms with Crippen molar-refractivity contribution in [3.63, 3.8) is 0 Å².